The average molecular weight is 242 g/mol. The predicted octanol–water partition coefficient (Wildman–Crippen LogP) is 2.91. The van der Waals surface area contributed by atoms with Gasteiger partial charge in [-0.25, -0.2) is 0 Å². The second-order valence-electron chi connectivity index (χ2n) is 5.64. The lowest BCUT2D eigenvalue weighted by molar-refractivity contribution is -0.149. The molecule has 0 spiro atoms. The van der Waals surface area contributed by atoms with Gasteiger partial charge in [0.05, 0.1) is 18.6 Å². The van der Waals surface area contributed by atoms with E-state index in [1.165, 1.54) is 6.42 Å². The lowest BCUT2D eigenvalue weighted by Crippen LogP contribution is -2.32. The number of hydrogen-bond acceptors (Lipinski definition) is 3. The quantitative estimate of drug-likeness (QED) is 0.609. The highest BCUT2D eigenvalue weighted by atomic mass is 16.5. The Bertz CT molecular complexity index is 250. The maximum Gasteiger partial charge on any atom is 0.308 e. The predicted molar refractivity (Wildman–Crippen MR) is 67.6 cm³/mol. The van der Waals surface area contributed by atoms with Crippen molar-refractivity contribution in [1.82, 2.24) is 0 Å². The Morgan fingerprint density at radius 2 is 2.12 bits per heavy atom. The van der Waals surface area contributed by atoms with Crippen molar-refractivity contribution in [2.24, 2.45) is 11.8 Å². The number of rotatable bonds is 4. The molecular weight excluding hydrogens is 216 g/mol. The van der Waals surface area contributed by atoms with Crippen LogP contribution in [-0.2, 0) is 9.53 Å². The van der Waals surface area contributed by atoms with E-state index in [-0.39, 0.29) is 12.4 Å². The molecule has 0 bridgehead atoms. The van der Waals surface area contributed by atoms with Gasteiger partial charge in [0.2, 0.25) is 0 Å². The first-order valence-electron chi connectivity index (χ1n) is 6.85. The van der Waals surface area contributed by atoms with Gasteiger partial charge in [-0.05, 0) is 38.0 Å². The van der Waals surface area contributed by atoms with Gasteiger partial charge in [-0.15, -0.1) is 0 Å². The van der Waals surface area contributed by atoms with Crippen LogP contribution in [0.2, 0.25) is 0 Å². The second-order valence-corrected chi connectivity index (χ2v) is 5.64. The van der Waals surface area contributed by atoms with E-state index in [9.17, 15) is 9.90 Å². The minimum absolute atomic E-state index is 0.158. The minimum atomic E-state index is -0.824. The number of hydrogen-bond donors (Lipinski definition) is 1. The molecule has 1 aliphatic rings. The molecule has 0 aromatic heterocycles. The molecule has 3 heteroatoms. The Labute approximate surface area is 105 Å². The Kier molecular flexibility index (Phi) is 5.44. The molecule has 0 aliphatic heterocycles. The molecular formula is C14H26O3. The minimum Gasteiger partial charge on any atom is -0.466 e. The Morgan fingerprint density at radius 1 is 1.41 bits per heavy atom. The summed E-state index contributed by atoms with van der Waals surface area (Å²) in [4.78, 5) is 11.5. The van der Waals surface area contributed by atoms with Crippen molar-refractivity contribution in [2.75, 3.05) is 6.61 Å². The smallest absolute Gasteiger partial charge is 0.308 e. The second kappa shape index (κ2) is 6.39. The van der Waals surface area contributed by atoms with Gasteiger partial charge in [0.25, 0.3) is 0 Å². The summed E-state index contributed by atoms with van der Waals surface area (Å²) in [6.45, 7) is 6.66. The van der Waals surface area contributed by atoms with Crippen LogP contribution in [0.1, 0.15) is 59.3 Å². The molecule has 0 heterocycles. The molecule has 0 aromatic rings. The molecule has 1 fully saturated rings. The molecule has 0 saturated heterocycles. The number of ether oxygens (including phenoxy) is 1. The molecule has 0 radical (unpaired) electrons. The van der Waals surface area contributed by atoms with Gasteiger partial charge in [-0.3, -0.25) is 4.79 Å². The average Bonchev–Trinajstić information content (AvgIpc) is 2.40. The van der Waals surface area contributed by atoms with Gasteiger partial charge in [-0.1, -0.05) is 26.7 Å². The molecule has 1 N–H and O–H groups in total. The van der Waals surface area contributed by atoms with E-state index in [1.54, 1.807) is 6.92 Å². The van der Waals surface area contributed by atoms with Gasteiger partial charge in [0.15, 0.2) is 0 Å². The van der Waals surface area contributed by atoms with Crippen LogP contribution in [0.3, 0.4) is 0 Å². The summed E-state index contributed by atoms with van der Waals surface area (Å²) in [6, 6.07) is 0. The van der Waals surface area contributed by atoms with Gasteiger partial charge >= 0.3 is 5.97 Å². The van der Waals surface area contributed by atoms with Gasteiger partial charge in [0.1, 0.15) is 0 Å². The summed E-state index contributed by atoms with van der Waals surface area (Å²) in [7, 11) is 0. The van der Waals surface area contributed by atoms with Crippen LogP contribution in [0.5, 0.6) is 0 Å². The van der Waals surface area contributed by atoms with Crippen LogP contribution >= 0.6 is 0 Å². The van der Waals surface area contributed by atoms with Crippen LogP contribution in [0.25, 0.3) is 0 Å². The number of esters is 1. The number of aliphatic hydroxyl groups is 1. The highest BCUT2D eigenvalue weighted by Gasteiger charge is 2.34. The fourth-order valence-corrected chi connectivity index (χ4v) is 2.74. The molecule has 17 heavy (non-hydrogen) atoms. The summed E-state index contributed by atoms with van der Waals surface area (Å²) in [6.07, 6.45) is 4.82. The fourth-order valence-electron chi connectivity index (χ4n) is 2.74. The first-order valence-corrected chi connectivity index (χ1v) is 6.85. The zero-order valence-electron chi connectivity index (χ0n) is 11.4. The molecule has 1 rings (SSSR count). The standard InChI is InChI=1S/C14H26O3/c1-4-17-13(15)10-14(16)8-5-6-12(7-9-14)11(2)3/h11-12,16H,4-10H2,1-3H3. The van der Waals surface area contributed by atoms with Crippen LogP contribution in [-0.4, -0.2) is 23.3 Å². The molecule has 0 amide bonds. The zero-order valence-corrected chi connectivity index (χ0v) is 11.4. The Hall–Kier alpha value is -0.570. The summed E-state index contributed by atoms with van der Waals surface area (Å²) in [5, 5.41) is 10.4. The Balaban J connectivity index is 2.50. The lowest BCUT2D eigenvalue weighted by atomic mass is 9.87. The van der Waals surface area contributed by atoms with Gasteiger partial charge in [-0.2, -0.15) is 0 Å². The topological polar surface area (TPSA) is 46.5 Å². The van der Waals surface area contributed by atoms with E-state index < -0.39 is 5.60 Å². The molecule has 3 nitrogen and oxygen atoms in total. The molecule has 2 unspecified atom stereocenters. The van der Waals surface area contributed by atoms with E-state index in [2.05, 4.69) is 13.8 Å². The van der Waals surface area contributed by atoms with Crippen LogP contribution in [0.4, 0.5) is 0 Å². The van der Waals surface area contributed by atoms with Crippen LogP contribution in [0.15, 0.2) is 0 Å². The summed E-state index contributed by atoms with van der Waals surface area (Å²) < 4.78 is 4.93. The van der Waals surface area contributed by atoms with Crippen molar-refractivity contribution in [1.29, 1.82) is 0 Å². The SMILES string of the molecule is CCOC(=O)CC1(O)CCCC(C(C)C)CC1. The third-order valence-electron chi connectivity index (χ3n) is 3.92. The molecule has 100 valence electrons. The summed E-state index contributed by atoms with van der Waals surface area (Å²) in [5.74, 6) is 1.09. The highest BCUT2D eigenvalue weighted by molar-refractivity contribution is 5.70. The third kappa shape index (κ3) is 4.66. The number of carbonyl (C=O) groups excluding carboxylic acids is 1. The van der Waals surface area contributed by atoms with Gasteiger partial charge < -0.3 is 9.84 Å². The first kappa shape index (κ1) is 14.5. The van der Waals surface area contributed by atoms with Crippen molar-refractivity contribution in [3.63, 3.8) is 0 Å². The summed E-state index contributed by atoms with van der Waals surface area (Å²) in [5.41, 5.74) is -0.824. The maximum absolute atomic E-state index is 11.5. The third-order valence-corrected chi connectivity index (χ3v) is 3.92. The van der Waals surface area contributed by atoms with Crippen LogP contribution < -0.4 is 0 Å². The Morgan fingerprint density at radius 3 is 2.71 bits per heavy atom. The van der Waals surface area contributed by atoms with Crippen molar-refractivity contribution in [3.8, 4) is 0 Å². The molecule has 1 aliphatic carbocycles. The van der Waals surface area contributed by atoms with E-state index in [0.29, 0.717) is 18.4 Å². The van der Waals surface area contributed by atoms with E-state index in [1.807, 2.05) is 0 Å². The van der Waals surface area contributed by atoms with Crippen molar-refractivity contribution in [2.45, 2.75) is 64.9 Å². The molecule has 1 saturated carbocycles. The summed E-state index contributed by atoms with van der Waals surface area (Å²) >= 11 is 0. The van der Waals surface area contributed by atoms with Crippen molar-refractivity contribution >= 4 is 5.97 Å². The largest absolute Gasteiger partial charge is 0.466 e. The fraction of sp³-hybridized carbons (Fsp3) is 0.929. The monoisotopic (exact) mass is 242 g/mol. The van der Waals surface area contributed by atoms with E-state index >= 15 is 0 Å². The first-order chi connectivity index (χ1) is 7.97. The maximum atomic E-state index is 11.5. The normalized spacial score (nSPS) is 30.1. The van der Waals surface area contributed by atoms with Crippen LogP contribution in [0, 0.1) is 11.8 Å². The molecule has 2 atom stereocenters. The van der Waals surface area contributed by atoms with E-state index in [4.69, 9.17) is 4.74 Å². The van der Waals surface area contributed by atoms with E-state index in [0.717, 1.165) is 25.7 Å². The lowest BCUT2D eigenvalue weighted by Gasteiger charge is -2.26. The highest BCUT2D eigenvalue weighted by Crippen LogP contribution is 2.35. The van der Waals surface area contributed by atoms with Crippen molar-refractivity contribution < 1.29 is 14.6 Å². The van der Waals surface area contributed by atoms with Crippen molar-refractivity contribution in [3.05, 3.63) is 0 Å². The number of carbonyl (C=O) groups is 1. The van der Waals surface area contributed by atoms with Gasteiger partial charge in [0, 0.05) is 0 Å². The molecule has 0 aromatic carbocycles. The zero-order chi connectivity index (χ0) is 12.9.